The second kappa shape index (κ2) is 7.11. The molecule has 2 amide bonds. The Morgan fingerprint density at radius 1 is 1.41 bits per heavy atom. The molecule has 2 atom stereocenters. The molecule has 4 rings (SSSR count). The van der Waals surface area contributed by atoms with E-state index in [0.717, 1.165) is 29.7 Å². The normalized spacial score (nSPS) is 22.7. The number of aromatic amines is 1. The highest BCUT2D eigenvalue weighted by atomic mass is 16.5. The molecular formula is C19H23N5O3. The van der Waals surface area contributed by atoms with Crippen molar-refractivity contribution in [3.8, 4) is 0 Å². The monoisotopic (exact) mass is 369 g/mol. The smallest absolute Gasteiger partial charge is 0.254 e. The van der Waals surface area contributed by atoms with Crippen LogP contribution in [0, 0.1) is 6.92 Å². The molecule has 3 heterocycles. The summed E-state index contributed by atoms with van der Waals surface area (Å²) in [5.74, 6) is -0.216. The van der Waals surface area contributed by atoms with Crippen LogP contribution in [-0.2, 0) is 20.9 Å². The van der Waals surface area contributed by atoms with Gasteiger partial charge in [0.1, 0.15) is 6.61 Å². The van der Waals surface area contributed by atoms with Crippen molar-refractivity contribution in [3.63, 3.8) is 0 Å². The summed E-state index contributed by atoms with van der Waals surface area (Å²) >= 11 is 0. The van der Waals surface area contributed by atoms with Gasteiger partial charge < -0.3 is 14.5 Å². The van der Waals surface area contributed by atoms with Gasteiger partial charge in [0.05, 0.1) is 12.2 Å². The van der Waals surface area contributed by atoms with Crippen LogP contribution in [0.3, 0.4) is 0 Å². The Balaban J connectivity index is 1.61. The third kappa shape index (κ3) is 3.44. The molecule has 0 unspecified atom stereocenters. The Kier molecular flexibility index (Phi) is 4.65. The Hall–Kier alpha value is -2.74. The number of carbonyl (C=O) groups is 2. The summed E-state index contributed by atoms with van der Waals surface area (Å²) < 4.78 is 5.76. The highest BCUT2D eigenvalue weighted by Gasteiger charge is 2.48. The lowest BCUT2D eigenvalue weighted by molar-refractivity contribution is -0.170. The number of amides is 2. The van der Waals surface area contributed by atoms with Crippen molar-refractivity contribution in [3.05, 3.63) is 47.5 Å². The van der Waals surface area contributed by atoms with Gasteiger partial charge in [-0.3, -0.25) is 19.7 Å². The average molecular weight is 369 g/mol. The predicted molar refractivity (Wildman–Crippen MR) is 96.4 cm³/mol. The van der Waals surface area contributed by atoms with Crippen LogP contribution in [0.25, 0.3) is 0 Å². The molecule has 2 aromatic heterocycles. The van der Waals surface area contributed by atoms with E-state index in [1.165, 1.54) is 0 Å². The first-order chi connectivity index (χ1) is 13.1. The number of rotatable bonds is 5. The summed E-state index contributed by atoms with van der Waals surface area (Å²) in [5.41, 5.74) is 2.70. The van der Waals surface area contributed by atoms with Gasteiger partial charge in [-0.05, 0) is 31.4 Å². The van der Waals surface area contributed by atoms with Crippen molar-refractivity contribution in [2.45, 2.75) is 44.5 Å². The molecule has 0 bridgehead atoms. The first-order valence-electron chi connectivity index (χ1n) is 9.12. The number of nitrogens with zero attached hydrogens (tertiary/aromatic N) is 4. The molecule has 1 aliphatic carbocycles. The van der Waals surface area contributed by atoms with Crippen LogP contribution in [0.2, 0.25) is 0 Å². The summed E-state index contributed by atoms with van der Waals surface area (Å²) in [6.45, 7) is 2.28. The highest BCUT2D eigenvalue weighted by molar-refractivity contribution is 5.86. The molecule has 2 aromatic rings. The van der Waals surface area contributed by atoms with E-state index in [9.17, 15) is 9.59 Å². The van der Waals surface area contributed by atoms with Gasteiger partial charge in [0.15, 0.2) is 6.10 Å². The number of aromatic nitrogens is 3. The van der Waals surface area contributed by atoms with E-state index in [4.69, 9.17) is 4.74 Å². The van der Waals surface area contributed by atoms with Gasteiger partial charge in [-0.25, -0.2) is 0 Å². The molecule has 0 aromatic carbocycles. The van der Waals surface area contributed by atoms with Gasteiger partial charge in [0.2, 0.25) is 5.91 Å². The zero-order valence-corrected chi connectivity index (χ0v) is 15.5. The SMILES string of the molecule is Cc1[nH]ncc1CN(C)C(=O)[C@H]1OCC(=O)N(C2CC2)[C@@H]1c1cccnc1. The summed E-state index contributed by atoms with van der Waals surface area (Å²) in [5, 5.41) is 6.89. The molecule has 0 spiro atoms. The van der Waals surface area contributed by atoms with Crippen LogP contribution in [0.15, 0.2) is 30.7 Å². The van der Waals surface area contributed by atoms with Crippen molar-refractivity contribution in [2.75, 3.05) is 13.7 Å². The van der Waals surface area contributed by atoms with Gasteiger partial charge in [-0.15, -0.1) is 0 Å². The van der Waals surface area contributed by atoms with Gasteiger partial charge in [-0.1, -0.05) is 6.07 Å². The number of likely N-dealkylation sites (N-methyl/N-ethyl adjacent to an activating group) is 1. The largest absolute Gasteiger partial charge is 0.356 e. The van der Waals surface area contributed by atoms with Crippen LogP contribution in [0.4, 0.5) is 0 Å². The van der Waals surface area contributed by atoms with E-state index in [2.05, 4.69) is 15.2 Å². The van der Waals surface area contributed by atoms with Crippen LogP contribution < -0.4 is 0 Å². The Morgan fingerprint density at radius 2 is 2.22 bits per heavy atom. The molecule has 27 heavy (non-hydrogen) atoms. The molecule has 1 aliphatic heterocycles. The van der Waals surface area contributed by atoms with Crippen molar-refractivity contribution in [2.24, 2.45) is 0 Å². The first kappa shape index (κ1) is 17.7. The maximum Gasteiger partial charge on any atom is 0.254 e. The topological polar surface area (TPSA) is 91.4 Å². The number of pyridine rings is 1. The average Bonchev–Trinajstić information content (AvgIpc) is 3.44. The van der Waals surface area contributed by atoms with Crippen LogP contribution in [0.1, 0.15) is 35.7 Å². The van der Waals surface area contributed by atoms with Crippen LogP contribution in [0.5, 0.6) is 0 Å². The summed E-state index contributed by atoms with van der Waals surface area (Å²) in [6, 6.07) is 3.45. The van der Waals surface area contributed by atoms with E-state index < -0.39 is 12.1 Å². The third-order valence-corrected chi connectivity index (χ3v) is 5.19. The molecular weight excluding hydrogens is 346 g/mol. The number of nitrogens with one attached hydrogen (secondary N) is 1. The number of hydrogen-bond donors (Lipinski definition) is 1. The molecule has 2 fully saturated rings. The summed E-state index contributed by atoms with van der Waals surface area (Å²) in [6.07, 6.45) is 6.30. The van der Waals surface area contributed by atoms with Crippen molar-refractivity contribution < 1.29 is 14.3 Å². The minimum Gasteiger partial charge on any atom is -0.356 e. The van der Waals surface area contributed by atoms with E-state index in [1.807, 2.05) is 24.0 Å². The second-order valence-corrected chi connectivity index (χ2v) is 7.21. The van der Waals surface area contributed by atoms with Crippen molar-refractivity contribution in [1.29, 1.82) is 0 Å². The zero-order valence-electron chi connectivity index (χ0n) is 15.5. The van der Waals surface area contributed by atoms with Crippen molar-refractivity contribution >= 4 is 11.8 Å². The van der Waals surface area contributed by atoms with Gasteiger partial charge in [0.25, 0.3) is 5.91 Å². The minimum absolute atomic E-state index is 0.0660. The van der Waals surface area contributed by atoms with E-state index in [0.29, 0.717) is 6.54 Å². The van der Waals surface area contributed by atoms with E-state index >= 15 is 0 Å². The lowest BCUT2D eigenvalue weighted by atomic mass is 9.97. The number of hydrogen-bond acceptors (Lipinski definition) is 5. The Morgan fingerprint density at radius 3 is 2.85 bits per heavy atom. The Bertz CT molecular complexity index is 833. The lowest BCUT2D eigenvalue weighted by Gasteiger charge is -2.41. The molecule has 1 saturated carbocycles. The molecule has 0 radical (unpaired) electrons. The Labute approximate surface area is 157 Å². The molecule has 1 saturated heterocycles. The predicted octanol–water partition coefficient (Wildman–Crippen LogP) is 1.20. The summed E-state index contributed by atoms with van der Waals surface area (Å²) in [4.78, 5) is 33.4. The lowest BCUT2D eigenvalue weighted by Crippen LogP contribution is -2.55. The molecule has 1 N–H and O–H groups in total. The number of morpholine rings is 1. The van der Waals surface area contributed by atoms with Crippen LogP contribution >= 0.6 is 0 Å². The van der Waals surface area contributed by atoms with Gasteiger partial charge >= 0.3 is 0 Å². The maximum atomic E-state index is 13.2. The molecule has 8 nitrogen and oxygen atoms in total. The van der Waals surface area contributed by atoms with Crippen LogP contribution in [-0.4, -0.2) is 62.6 Å². The maximum absolute atomic E-state index is 13.2. The second-order valence-electron chi connectivity index (χ2n) is 7.21. The molecule has 8 heteroatoms. The fourth-order valence-corrected chi connectivity index (χ4v) is 3.59. The number of H-pyrrole nitrogens is 1. The van der Waals surface area contributed by atoms with E-state index in [-0.39, 0.29) is 24.5 Å². The molecule has 142 valence electrons. The minimum atomic E-state index is -0.746. The number of ether oxygens (including phenoxy) is 1. The fourth-order valence-electron chi connectivity index (χ4n) is 3.59. The quantitative estimate of drug-likeness (QED) is 0.855. The highest BCUT2D eigenvalue weighted by Crippen LogP contribution is 2.39. The zero-order chi connectivity index (χ0) is 19.0. The first-order valence-corrected chi connectivity index (χ1v) is 9.12. The fraction of sp³-hybridized carbons (Fsp3) is 0.474. The third-order valence-electron chi connectivity index (χ3n) is 5.19. The standard InChI is InChI=1S/C19H23N5O3/c1-12-14(9-21-22-12)10-23(2)19(26)18-17(13-4-3-7-20-8-13)24(15-5-6-15)16(25)11-27-18/h3-4,7-9,15,17-18H,5-6,10-11H2,1-2H3,(H,21,22)/t17-,18+/m1/s1. The number of carbonyl (C=O) groups excluding carboxylic acids is 2. The summed E-state index contributed by atoms with van der Waals surface area (Å²) in [7, 11) is 1.75. The number of aryl methyl sites for hydroxylation is 1. The van der Waals surface area contributed by atoms with Gasteiger partial charge in [0, 0.05) is 43.3 Å². The van der Waals surface area contributed by atoms with E-state index in [1.54, 1.807) is 30.5 Å². The molecule has 2 aliphatic rings. The van der Waals surface area contributed by atoms with Gasteiger partial charge in [-0.2, -0.15) is 5.10 Å². The van der Waals surface area contributed by atoms with Crippen molar-refractivity contribution in [1.82, 2.24) is 25.0 Å².